The van der Waals surface area contributed by atoms with Crippen molar-refractivity contribution >= 4 is 43.4 Å². The van der Waals surface area contributed by atoms with Crippen LogP contribution in [0, 0.1) is 0 Å². The number of nitrogens with zero attached hydrogens (tertiary/aromatic N) is 3. The maximum atomic E-state index is 13.3. The topological polar surface area (TPSA) is 110 Å². The van der Waals surface area contributed by atoms with Crippen LogP contribution in [0.25, 0.3) is 21.9 Å². The van der Waals surface area contributed by atoms with E-state index in [1.54, 1.807) is 18.2 Å². The Morgan fingerprint density at radius 3 is 2.67 bits per heavy atom. The van der Waals surface area contributed by atoms with Gasteiger partial charge in [-0.1, -0.05) is 31.2 Å². The average Bonchev–Trinajstić information content (AvgIpc) is 3.31. The van der Waals surface area contributed by atoms with E-state index in [1.807, 2.05) is 37.4 Å². The molecule has 0 saturated carbocycles. The first-order valence-corrected chi connectivity index (χ1v) is 12.0. The minimum Gasteiger partial charge on any atom is -0.361 e. The van der Waals surface area contributed by atoms with Crippen LogP contribution in [0.15, 0.2) is 87.6 Å². The van der Waals surface area contributed by atoms with Crippen LogP contribution in [-0.2, 0) is 16.4 Å². The van der Waals surface area contributed by atoms with Crippen LogP contribution in [-0.4, -0.2) is 27.9 Å². The minimum atomic E-state index is -3.99. The van der Waals surface area contributed by atoms with E-state index in [9.17, 15) is 13.2 Å². The predicted molar refractivity (Wildman–Crippen MR) is 128 cm³/mol. The SMILES string of the molecule is CCCn1c(=O)c(S(=O)(=O)c2ccccc2)cc2cnc(Nc3cccc4[nH]ccc34)nc21. The number of anilines is 2. The zero-order valence-corrected chi connectivity index (χ0v) is 18.6. The van der Waals surface area contributed by atoms with E-state index < -0.39 is 15.4 Å². The Labute approximate surface area is 189 Å². The van der Waals surface area contributed by atoms with Crippen molar-refractivity contribution < 1.29 is 8.42 Å². The van der Waals surface area contributed by atoms with Gasteiger partial charge in [-0.2, -0.15) is 4.98 Å². The van der Waals surface area contributed by atoms with Gasteiger partial charge in [-0.25, -0.2) is 13.4 Å². The molecule has 5 rings (SSSR count). The molecule has 0 aliphatic heterocycles. The van der Waals surface area contributed by atoms with Gasteiger partial charge in [-0.3, -0.25) is 9.36 Å². The lowest BCUT2D eigenvalue weighted by molar-refractivity contribution is 0.590. The number of fused-ring (bicyclic) bond motifs is 2. The monoisotopic (exact) mass is 459 g/mol. The molecule has 33 heavy (non-hydrogen) atoms. The predicted octanol–water partition coefficient (Wildman–Crippen LogP) is 4.26. The average molecular weight is 460 g/mol. The molecule has 0 unspecified atom stereocenters. The van der Waals surface area contributed by atoms with Crippen LogP contribution in [0.3, 0.4) is 0 Å². The molecule has 2 aromatic carbocycles. The molecule has 3 heterocycles. The quantitative estimate of drug-likeness (QED) is 0.393. The molecular weight excluding hydrogens is 438 g/mol. The number of pyridine rings is 1. The molecule has 9 heteroatoms. The summed E-state index contributed by atoms with van der Waals surface area (Å²) < 4.78 is 27.8. The van der Waals surface area contributed by atoms with Gasteiger partial charge in [0.15, 0.2) is 0 Å². The molecule has 0 atom stereocenters. The van der Waals surface area contributed by atoms with Gasteiger partial charge in [-0.15, -0.1) is 0 Å². The van der Waals surface area contributed by atoms with Crippen LogP contribution in [0.1, 0.15) is 13.3 Å². The molecule has 166 valence electrons. The highest BCUT2D eigenvalue weighted by Crippen LogP contribution is 2.26. The second-order valence-corrected chi connectivity index (χ2v) is 9.54. The van der Waals surface area contributed by atoms with Gasteiger partial charge in [0.05, 0.1) is 10.6 Å². The van der Waals surface area contributed by atoms with Crippen molar-refractivity contribution in [2.75, 3.05) is 5.32 Å². The molecule has 8 nitrogen and oxygen atoms in total. The van der Waals surface area contributed by atoms with Crippen molar-refractivity contribution in [2.45, 2.75) is 29.7 Å². The van der Waals surface area contributed by atoms with Gasteiger partial charge in [0, 0.05) is 35.2 Å². The number of hydrogen-bond donors (Lipinski definition) is 2. The van der Waals surface area contributed by atoms with Crippen LogP contribution in [0.2, 0.25) is 0 Å². The standard InChI is InChI=1S/C24H21N5O3S/c1-2-13-29-22-16(14-21(23(29)30)33(31,32)17-7-4-3-5-8-17)15-26-24(28-22)27-20-10-6-9-19-18(20)11-12-25-19/h3-12,14-15,25H,2,13H2,1H3,(H,26,27,28). The Balaban J connectivity index is 1.65. The molecule has 5 aromatic rings. The number of aromatic nitrogens is 4. The van der Waals surface area contributed by atoms with E-state index in [2.05, 4.69) is 20.3 Å². The number of nitrogens with one attached hydrogen (secondary N) is 2. The molecule has 2 N–H and O–H groups in total. The second-order valence-electron chi connectivity index (χ2n) is 7.62. The van der Waals surface area contributed by atoms with E-state index in [1.165, 1.54) is 29.0 Å². The molecule has 0 spiro atoms. The molecule has 0 saturated heterocycles. The van der Waals surface area contributed by atoms with E-state index >= 15 is 0 Å². The van der Waals surface area contributed by atoms with Gasteiger partial charge in [0.2, 0.25) is 15.8 Å². The van der Waals surface area contributed by atoms with Crippen LogP contribution < -0.4 is 10.9 Å². The number of sulfone groups is 1. The van der Waals surface area contributed by atoms with E-state index in [0.717, 1.165) is 16.6 Å². The lowest BCUT2D eigenvalue weighted by Crippen LogP contribution is -2.27. The van der Waals surface area contributed by atoms with Crippen molar-refractivity contribution in [3.63, 3.8) is 0 Å². The van der Waals surface area contributed by atoms with Crippen molar-refractivity contribution in [3.05, 3.63) is 83.4 Å². The lowest BCUT2D eigenvalue weighted by atomic mass is 10.2. The fourth-order valence-corrected chi connectivity index (χ4v) is 5.25. The van der Waals surface area contributed by atoms with Gasteiger partial charge in [0.1, 0.15) is 10.5 Å². The minimum absolute atomic E-state index is 0.0725. The zero-order valence-electron chi connectivity index (χ0n) is 17.8. The zero-order chi connectivity index (χ0) is 23.0. The normalized spacial score (nSPS) is 11.8. The lowest BCUT2D eigenvalue weighted by Gasteiger charge is -2.13. The van der Waals surface area contributed by atoms with Crippen molar-refractivity contribution in [2.24, 2.45) is 0 Å². The molecule has 0 aliphatic carbocycles. The Morgan fingerprint density at radius 2 is 1.88 bits per heavy atom. The first-order valence-electron chi connectivity index (χ1n) is 10.5. The summed E-state index contributed by atoms with van der Waals surface area (Å²) in [6, 6.07) is 17.1. The molecular formula is C24H21N5O3S. The van der Waals surface area contributed by atoms with Crippen LogP contribution in [0.4, 0.5) is 11.6 Å². The van der Waals surface area contributed by atoms with Gasteiger partial charge >= 0.3 is 0 Å². The summed E-state index contributed by atoms with van der Waals surface area (Å²) in [5.74, 6) is 0.319. The summed E-state index contributed by atoms with van der Waals surface area (Å²) in [7, 11) is -3.99. The Hall–Kier alpha value is -3.98. The summed E-state index contributed by atoms with van der Waals surface area (Å²) in [6.07, 6.45) is 4.03. The van der Waals surface area contributed by atoms with E-state index in [-0.39, 0.29) is 9.79 Å². The first kappa shape index (κ1) is 20.9. The maximum Gasteiger partial charge on any atom is 0.271 e. The molecule has 0 fully saturated rings. The van der Waals surface area contributed by atoms with Crippen LogP contribution in [0.5, 0.6) is 0 Å². The summed E-state index contributed by atoms with van der Waals surface area (Å²) in [4.78, 5) is 25.2. The number of benzene rings is 2. The highest BCUT2D eigenvalue weighted by atomic mass is 32.2. The Bertz CT molecular complexity index is 1640. The second kappa shape index (κ2) is 8.18. The molecule has 0 radical (unpaired) electrons. The molecule has 0 amide bonds. The highest BCUT2D eigenvalue weighted by molar-refractivity contribution is 7.91. The molecule has 0 bridgehead atoms. The van der Waals surface area contributed by atoms with Crippen LogP contribution >= 0.6 is 0 Å². The van der Waals surface area contributed by atoms with Gasteiger partial charge in [-0.05, 0) is 42.8 Å². The number of hydrogen-bond acceptors (Lipinski definition) is 6. The van der Waals surface area contributed by atoms with Crippen molar-refractivity contribution in [1.29, 1.82) is 0 Å². The van der Waals surface area contributed by atoms with Crippen molar-refractivity contribution in [1.82, 2.24) is 19.5 Å². The smallest absolute Gasteiger partial charge is 0.271 e. The Kier molecular flexibility index (Phi) is 5.18. The van der Waals surface area contributed by atoms with Gasteiger partial charge < -0.3 is 10.3 Å². The number of H-pyrrole nitrogens is 1. The number of rotatable bonds is 6. The summed E-state index contributed by atoms with van der Waals surface area (Å²) >= 11 is 0. The third-order valence-corrected chi connectivity index (χ3v) is 7.19. The Morgan fingerprint density at radius 1 is 1.06 bits per heavy atom. The fourth-order valence-electron chi connectivity index (χ4n) is 3.86. The summed E-state index contributed by atoms with van der Waals surface area (Å²) in [6.45, 7) is 2.25. The maximum absolute atomic E-state index is 13.3. The summed E-state index contributed by atoms with van der Waals surface area (Å²) in [5, 5.41) is 4.67. The van der Waals surface area contributed by atoms with E-state index in [0.29, 0.717) is 29.9 Å². The van der Waals surface area contributed by atoms with Crippen molar-refractivity contribution in [3.8, 4) is 0 Å². The number of aromatic amines is 1. The molecule has 0 aliphatic rings. The number of aryl methyl sites for hydroxylation is 1. The largest absolute Gasteiger partial charge is 0.361 e. The third-order valence-electron chi connectivity index (χ3n) is 5.43. The van der Waals surface area contributed by atoms with Gasteiger partial charge in [0.25, 0.3) is 5.56 Å². The first-order chi connectivity index (χ1) is 16.0. The highest BCUT2D eigenvalue weighted by Gasteiger charge is 2.24. The summed E-state index contributed by atoms with van der Waals surface area (Å²) in [5.41, 5.74) is 1.58. The molecule has 3 aromatic heterocycles. The fraction of sp³-hybridized carbons (Fsp3) is 0.125. The third kappa shape index (κ3) is 3.66. The van der Waals surface area contributed by atoms with E-state index in [4.69, 9.17) is 0 Å².